The van der Waals surface area contributed by atoms with E-state index >= 15 is 0 Å². The lowest BCUT2D eigenvalue weighted by Gasteiger charge is -2.19. The molecule has 2 atom stereocenters. The first-order valence-corrected chi connectivity index (χ1v) is 8.84. The highest BCUT2D eigenvalue weighted by molar-refractivity contribution is 14.1. The highest BCUT2D eigenvalue weighted by Crippen LogP contribution is 2.29. The zero-order chi connectivity index (χ0) is 18.0. The summed E-state index contributed by atoms with van der Waals surface area (Å²) in [6.45, 7) is 3.20. The van der Waals surface area contributed by atoms with E-state index in [0.717, 1.165) is 9.22 Å². The van der Waals surface area contributed by atoms with Gasteiger partial charge < -0.3 is 10.1 Å². The van der Waals surface area contributed by atoms with Crippen LogP contribution in [0.5, 0.6) is 5.75 Å². The predicted octanol–water partition coefficient (Wildman–Crippen LogP) is 4.38. The molecule has 3 aromatic rings. The first kappa shape index (κ1) is 17.8. The van der Waals surface area contributed by atoms with Gasteiger partial charge >= 0.3 is 0 Å². The van der Waals surface area contributed by atoms with Gasteiger partial charge in [0, 0.05) is 11.8 Å². The molecule has 132 valence electrons. The maximum atomic E-state index is 13.7. The molecule has 0 bridgehead atoms. The molecule has 0 spiro atoms. The molecule has 0 amide bonds. The van der Waals surface area contributed by atoms with Gasteiger partial charge in [0.05, 0.1) is 15.8 Å². The highest BCUT2D eigenvalue weighted by atomic mass is 127. The van der Waals surface area contributed by atoms with Crippen molar-refractivity contribution < 1.29 is 13.5 Å². The standard InChI is InChI=1S/C17H17F2IN4O/c1-10(18)9-25-15-4-3-12(19)7-13(15)11(2)22-16-5-6-24-17(23-16)14(20)8-21-24/h3-8,10-11H,9H2,1-2H3,(H,22,23)/t10?,11-/m1/s1. The maximum Gasteiger partial charge on any atom is 0.170 e. The molecule has 0 aliphatic heterocycles. The summed E-state index contributed by atoms with van der Waals surface area (Å²) >= 11 is 2.16. The van der Waals surface area contributed by atoms with Crippen molar-refractivity contribution in [3.05, 3.63) is 51.6 Å². The molecule has 2 aromatic heterocycles. The SMILES string of the molecule is CC(F)COc1ccc(F)cc1[C@@H](C)Nc1ccn2ncc(I)c2n1. The average molecular weight is 458 g/mol. The summed E-state index contributed by atoms with van der Waals surface area (Å²) in [6.07, 6.45) is 2.43. The Kier molecular flexibility index (Phi) is 5.36. The topological polar surface area (TPSA) is 51.5 Å². The largest absolute Gasteiger partial charge is 0.490 e. The normalized spacial score (nSPS) is 13.6. The van der Waals surface area contributed by atoms with Crippen LogP contribution in [0, 0.1) is 9.39 Å². The summed E-state index contributed by atoms with van der Waals surface area (Å²) in [5, 5.41) is 7.40. The fourth-order valence-electron chi connectivity index (χ4n) is 2.41. The number of ether oxygens (including phenoxy) is 1. The molecule has 0 aliphatic carbocycles. The Morgan fingerprint density at radius 1 is 1.32 bits per heavy atom. The lowest BCUT2D eigenvalue weighted by atomic mass is 10.1. The van der Waals surface area contributed by atoms with Crippen LogP contribution in [0.1, 0.15) is 25.5 Å². The molecule has 25 heavy (non-hydrogen) atoms. The summed E-state index contributed by atoms with van der Waals surface area (Å²) in [4.78, 5) is 4.51. The quantitative estimate of drug-likeness (QED) is 0.558. The number of hydrogen-bond acceptors (Lipinski definition) is 4. The smallest absolute Gasteiger partial charge is 0.170 e. The van der Waals surface area contributed by atoms with Crippen molar-refractivity contribution in [3.8, 4) is 5.75 Å². The van der Waals surface area contributed by atoms with Crippen LogP contribution in [-0.2, 0) is 0 Å². The number of nitrogens with one attached hydrogen (secondary N) is 1. The summed E-state index contributed by atoms with van der Waals surface area (Å²) in [5.74, 6) is 0.705. The number of rotatable bonds is 6. The first-order chi connectivity index (χ1) is 11.9. The zero-order valence-corrected chi connectivity index (χ0v) is 15.9. The van der Waals surface area contributed by atoms with Crippen LogP contribution in [0.15, 0.2) is 36.7 Å². The second-order valence-corrected chi connectivity index (χ2v) is 6.88. The van der Waals surface area contributed by atoms with E-state index < -0.39 is 6.17 Å². The number of fused-ring (bicyclic) bond motifs is 1. The Labute approximate surface area is 157 Å². The number of halogens is 3. The molecule has 1 N–H and O–H groups in total. The fraction of sp³-hybridized carbons (Fsp3) is 0.294. The maximum absolute atomic E-state index is 13.7. The van der Waals surface area contributed by atoms with Gasteiger partial charge in [0.25, 0.3) is 0 Å². The van der Waals surface area contributed by atoms with Crippen LogP contribution in [0.4, 0.5) is 14.6 Å². The van der Waals surface area contributed by atoms with E-state index in [1.165, 1.54) is 25.1 Å². The molecule has 0 saturated carbocycles. The van der Waals surface area contributed by atoms with Gasteiger partial charge in [0.15, 0.2) is 5.65 Å². The van der Waals surface area contributed by atoms with Crippen LogP contribution in [0.2, 0.25) is 0 Å². The molecular formula is C17H17F2IN4O. The third-order valence-electron chi connectivity index (χ3n) is 3.60. The first-order valence-electron chi connectivity index (χ1n) is 7.77. The molecule has 1 aromatic carbocycles. The molecule has 0 fully saturated rings. The summed E-state index contributed by atoms with van der Waals surface area (Å²) in [5.41, 5.74) is 1.34. The average Bonchev–Trinajstić information content (AvgIpc) is 2.94. The van der Waals surface area contributed by atoms with Gasteiger partial charge in [-0.1, -0.05) is 0 Å². The Balaban J connectivity index is 1.84. The lowest BCUT2D eigenvalue weighted by molar-refractivity contribution is 0.208. The lowest BCUT2D eigenvalue weighted by Crippen LogP contribution is -2.14. The summed E-state index contributed by atoms with van der Waals surface area (Å²) in [6, 6.07) is 5.71. The Bertz CT molecular complexity index is 884. The van der Waals surface area contributed by atoms with Gasteiger partial charge in [-0.25, -0.2) is 18.3 Å². The minimum Gasteiger partial charge on any atom is -0.490 e. The number of hydrogen-bond donors (Lipinski definition) is 1. The van der Waals surface area contributed by atoms with Crippen molar-refractivity contribution in [1.82, 2.24) is 14.6 Å². The number of anilines is 1. The van der Waals surface area contributed by atoms with E-state index in [-0.39, 0.29) is 18.5 Å². The third kappa shape index (κ3) is 4.17. The Morgan fingerprint density at radius 3 is 2.88 bits per heavy atom. The number of aromatic nitrogens is 3. The van der Waals surface area contributed by atoms with E-state index in [1.54, 1.807) is 23.0 Å². The molecule has 0 saturated heterocycles. The third-order valence-corrected chi connectivity index (χ3v) is 4.36. The van der Waals surface area contributed by atoms with Crippen molar-refractivity contribution in [1.29, 1.82) is 0 Å². The van der Waals surface area contributed by atoms with Crippen molar-refractivity contribution in [2.24, 2.45) is 0 Å². The molecule has 0 aliphatic rings. The van der Waals surface area contributed by atoms with Gasteiger partial charge in [-0.2, -0.15) is 5.10 Å². The van der Waals surface area contributed by atoms with E-state index in [1.807, 2.05) is 6.92 Å². The van der Waals surface area contributed by atoms with E-state index in [0.29, 0.717) is 17.1 Å². The molecule has 8 heteroatoms. The molecule has 2 heterocycles. The molecule has 5 nitrogen and oxygen atoms in total. The highest BCUT2D eigenvalue weighted by Gasteiger charge is 2.15. The van der Waals surface area contributed by atoms with Gasteiger partial charge in [-0.05, 0) is 60.7 Å². The second kappa shape index (κ2) is 7.51. The van der Waals surface area contributed by atoms with Gasteiger partial charge in [0.2, 0.25) is 0 Å². The second-order valence-electron chi connectivity index (χ2n) is 5.71. The van der Waals surface area contributed by atoms with Crippen molar-refractivity contribution in [2.45, 2.75) is 26.1 Å². The van der Waals surface area contributed by atoms with Crippen LogP contribution in [0.3, 0.4) is 0 Å². The molecule has 1 unspecified atom stereocenters. The van der Waals surface area contributed by atoms with Crippen LogP contribution in [-0.4, -0.2) is 27.4 Å². The van der Waals surface area contributed by atoms with E-state index in [2.05, 4.69) is 38.0 Å². The van der Waals surface area contributed by atoms with Crippen molar-refractivity contribution >= 4 is 34.1 Å². The number of benzene rings is 1. The molecule has 0 radical (unpaired) electrons. The zero-order valence-electron chi connectivity index (χ0n) is 13.7. The minimum atomic E-state index is -1.10. The summed E-state index contributed by atoms with van der Waals surface area (Å²) < 4.78 is 34.8. The summed E-state index contributed by atoms with van der Waals surface area (Å²) in [7, 11) is 0. The molecule has 3 rings (SSSR count). The Morgan fingerprint density at radius 2 is 2.12 bits per heavy atom. The van der Waals surface area contributed by atoms with Crippen molar-refractivity contribution in [2.75, 3.05) is 11.9 Å². The van der Waals surface area contributed by atoms with E-state index in [9.17, 15) is 8.78 Å². The van der Waals surface area contributed by atoms with Crippen LogP contribution >= 0.6 is 22.6 Å². The molecular weight excluding hydrogens is 441 g/mol. The van der Waals surface area contributed by atoms with Gasteiger partial charge in [-0.15, -0.1) is 0 Å². The van der Waals surface area contributed by atoms with Crippen LogP contribution in [0.25, 0.3) is 5.65 Å². The van der Waals surface area contributed by atoms with Crippen LogP contribution < -0.4 is 10.1 Å². The number of alkyl halides is 1. The van der Waals surface area contributed by atoms with E-state index in [4.69, 9.17) is 4.74 Å². The van der Waals surface area contributed by atoms with Gasteiger partial charge in [0.1, 0.15) is 30.2 Å². The minimum absolute atomic E-state index is 0.0798. The number of nitrogens with zero attached hydrogens (tertiary/aromatic N) is 3. The van der Waals surface area contributed by atoms with Gasteiger partial charge in [-0.3, -0.25) is 0 Å². The fourth-order valence-corrected chi connectivity index (χ4v) is 2.91. The van der Waals surface area contributed by atoms with Crippen molar-refractivity contribution in [3.63, 3.8) is 0 Å². The Hall–Kier alpha value is -1.97. The monoisotopic (exact) mass is 458 g/mol. The predicted molar refractivity (Wildman–Crippen MR) is 100 cm³/mol.